The number of aliphatic hydroxyl groups is 1. The molecule has 148 valence electrons. The van der Waals surface area contributed by atoms with Crippen LogP contribution in [-0.4, -0.2) is 17.0 Å². The Morgan fingerprint density at radius 2 is 1.81 bits per heavy atom. The second-order valence-electron chi connectivity index (χ2n) is 10.7. The first-order chi connectivity index (χ1) is 12.5. The Morgan fingerprint density at radius 3 is 2.58 bits per heavy atom. The van der Waals surface area contributed by atoms with Crippen molar-refractivity contribution < 1.29 is 9.90 Å². The van der Waals surface area contributed by atoms with E-state index in [0.717, 1.165) is 55.3 Å². The number of carbonyl (C=O) groups is 1. The fraction of sp³-hybridized carbons (Fsp3) is 0.958. The predicted octanol–water partition coefficient (Wildman–Crippen LogP) is 5.77. The second-order valence-corrected chi connectivity index (χ2v) is 10.7. The second kappa shape index (κ2) is 7.22. The zero-order valence-corrected chi connectivity index (χ0v) is 17.1. The van der Waals surface area contributed by atoms with Gasteiger partial charge in [0.15, 0.2) is 0 Å². The first-order valence-electron chi connectivity index (χ1n) is 11.7. The highest BCUT2D eigenvalue weighted by Crippen LogP contribution is 2.63. The first kappa shape index (κ1) is 19.0. The standard InChI is InChI=1S/C24H40O2/c1-3-24(26)13-5-7-19-17(16-24)9-10-21-20(19)11-14-23(2)18(12-15-25)6-4-8-22(21)23/h15,17-22,26H,3-14,16H2,1-2H3/t17-,18+,19+,20-,21-,22+,23+,24-/m1/s1. The van der Waals surface area contributed by atoms with Gasteiger partial charge in [0.2, 0.25) is 0 Å². The van der Waals surface area contributed by atoms with Crippen molar-refractivity contribution in [2.24, 2.45) is 40.9 Å². The van der Waals surface area contributed by atoms with Crippen molar-refractivity contribution in [3.8, 4) is 0 Å². The molecule has 0 aromatic carbocycles. The van der Waals surface area contributed by atoms with Crippen molar-refractivity contribution in [1.82, 2.24) is 0 Å². The fourth-order valence-electron chi connectivity index (χ4n) is 8.33. The lowest BCUT2D eigenvalue weighted by atomic mass is 9.45. The largest absolute Gasteiger partial charge is 0.390 e. The summed E-state index contributed by atoms with van der Waals surface area (Å²) in [7, 11) is 0. The van der Waals surface area contributed by atoms with Gasteiger partial charge in [-0.05, 0) is 105 Å². The maximum absolute atomic E-state index is 11.3. The Kier molecular flexibility index (Phi) is 5.27. The average molecular weight is 361 g/mol. The van der Waals surface area contributed by atoms with Gasteiger partial charge in [0.1, 0.15) is 6.29 Å². The minimum absolute atomic E-state index is 0.380. The van der Waals surface area contributed by atoms with Crippen LogP contribution in [0, 0.1) is 40.9 Å². The summed E-state index contributed by atoms with van der Waals surface area (Å²) in [5, 5.41) is 11.0. The van der Waals surface area contributed by atoms with Gasteiger partial charge in [-0.15, -0.1) is 0 Å². The zero-order valence-electron chi connectivity index (χ0n) is 17.1. The molecule has 0 aromatic rings. The predicted molar refractivity (Wildman–Crippen MR) is 106 cm³/mol. The molecular formula is C24H40O2. The molecule has 2 heteroatoms. The highest BCUT2D eigenvalue weighted by atomic mass is 16.3. The van der Waals surface area contributed by atoms with Crippen molar-refractivity contribution in [2.45, 2.75) is 103 Å². The van der Waals surface area contributed by atoms with Crippen LogP contribution in [0.25, 0.3) is 0 Å². The molecule has 0 amide bonds. The van der Waals surface area contributed by atoms with Gasteiger partial charge in [0.05, 0.1) is 5.60 Å². The Balaban J connectivity index is 1.55. The van der Waals surface area contributed by atoms with Crippen LogP contribution in [0.15, 0.2) is 0 Å². The van der Waals surface area contributed by atoms with E-state index in [0.29, 0.717) is 11.3 Å². The Labute approximate surface area is 160 Å². The zero-order chi connectivity index (χ0) is 18.4. The number of carbonyl (C=O) groups excluding carboxylic acids is 1. The lowest BCUT2D eigenvalue weighted by Gasteiger charge is -2.59. The van der Waals surface area contributed by atoms with E-state index < -0.39 is 0 Å². The van der Waals surface area contributed by atoms with Gasteiger partial charge in [-0.2, -0.15) is 0 Å². The van der Waals surface area contributed by atoms with Crippen LogP contribution in [0.5, 0.6) is 0 Å². The summed E-state index contributed by atoms with van der Waals surface area (Å²) in [5.74, 6) is 4.93. The molecule has 4 aliphatic carbocycles. The number of aldehydes is 1. The third-order valence-electron chi connectivity index (χ3n) is 9.82. The third kappa shape index (κ3) is 3.09. The molecule has 0 heterocycles. The molecule has 0 radical (unpaired) electrons. The van der Waals surface area contributed by atoms with Gasteiger partial charge in [0.25, 0.3) is 0 Å². The van der Waals surface area contributed by atoms with E-state index in [1.807, 2.05) is 0 Å². The van der Waals surface area contributed by atoms with Crippen molar-refractivity contribution >= 4 is 6.29 Å². The summed E-state index contributed by atoms with van der Waals surface area (Å²) < 4.78 is 0. The number of hydrogen-bond donors (Lipinski definition) is 1. The number of rotatable bonds is 3. The van der Waals surface area contributed by atoms with Crippen molar-refractivity contribution in [3.63, 3.8) is 0 Å². The molecule has 0 spiro atoms. The topological polar surface area (TPSA) is 37.3 Å². The van der Waals surface area contributed by atoms with Crippen LogP contribution in [0.4, 0.5) is 0 Å². The Hall–Kier alpha value is -0.370. The molecular weight excluding hydrogens is 320 g/mol. The summed E-state index contributed by atoms with van der Waals surface area (Å²) in [6, 6.07) is 0. The number of fused-ring (bicyclic) bond motifs is 5. The van der Waals surface area contributed by atoms with Crippen LogP contribution in [0.2, 0.25) is 0 Å². The monoisotopic (exact) mass is 360 g/mol. The van der Waals surface area contributed by atoms with E-state index in [1.165, 1.54) is 64.1 Å². The average Bonchev–Trinajstić information content (AvgIpc) is 2.81. The molecule has 0 unspecified atom stereocenters. The molecule has 4 rings (SSSR count). The Morgan fingerprint density at radius 1 is 0.962 bits per heavy atom. The molecule has 0 aromatic heterocycles. The smallest absolute Gasteiger partial charge is 0.120 e. The minimum Gasteiger partial charge on any atom is -0.390 e. The van der Waals surface area contributed by atoms with Gasteiger partial charge in [-0.1, -0.05) is 26.7 Å². The van der Waals surface area contributed by atoms with Crippen LogP contribution in [0.3, 0.4) is 0 Å². The van der Waals surface area contributed by atoms with Gasteiger partial charge in [0, 0.05) is 6.42 Å². The summed E-state index contributed by atoms with van der Waals surface area (Å²) in [4.78, 5) is 11.3. The van der Waals surface area contributed by atoms with E-state index in [-0.39, 0.29) is 5.60 Å². The van der Waals surface area contributed by atoms with Crippen LogP contribution >= 0.6 is 0 Å². The molecule has 0 bridgehead atoms. The lowest BCUT2D eigenvalue weighted by molar-refractivity contribution is -0.121. The fourth-order valence-corrected chi connectivity index (χ4v) is 8.33. The molecule has 4 saturated carbocycles. The maximum Gasteiger partial charge on any atom is 0.120 e. The molecule has 4 aliphatic rings. The summed E-state index contributed by atoms with van der Waals surface area (Å²) >= 11 is 0. The van der Waals surface area contributed by atoms with Crippen LogP contribution in [-0.2, 0) is 4.79 Å². The van der Waals surface area contributed by atoms with Crippen molar-refractivity contribution in [3.05, 3.63) is 0 Å². The van der Waals surface area contributed by atoms with Crippen molar-refractivity contribution in [1.29, 1.82) is 0 Å². The first-order valence-corrected chi connectivity index (χ1v) is 11.7. The van der Waals surface area contributed by atoms with Gasteiger partial charge >= 0.3 is 0 Å². The van der Waals surface area contributed by atoms with E-state index in [9.17, 15) is 9.90 Å². The quantitative estimate of drug-likeness (QED) is 0.649. The molecule has 0 aliphatic heterocycles. The maximum atomic E-state index is 11.3. The lowest BCUT2D eigenvalue weighted by Crippen LogP contribution is -2.52. The molecule has 0 saturated heterocycles. The summed E-state index contributed by atoms with van der Waals surface area (Å²) in [5.41, 5.74) is 0.0391. The number of hydrogen-bond acceptors (Lipinski definition) is 2. The van der Waals surface area contributed by atoms with Gasteiger partial charge in [-0.25, -0.2) is 0 Å². The van der Waals surface area contributed by atoms with Gasteiger partial charge < -0.3 is 9.90 Å². The summed E-state index contributed by atoms with van der Waals surface area (Å²) in [6.45, 7) is 4.71. The molecule has 1 N–H and O–H groups in total. The molecule has 2 nitrogen and oxygen atoms in total. The highest BCUT2D eigenvalue weighted by Gasteiger charge is 2.55. The molecule has 8 atom stereocenters. The van der Waals surface area contributed by atoms with Crippen LogP contribution in [0.1, 0.15) is 97.3 Å². The van der Waals surface area contributed by atoms with Gasteiger partial charge in [-0.3, -0.25) is 0 Å². The molecule has 26 heavy (non-hydrogen) atoms. The van der Waals surface area contributed by atoms with E-state index in [4.69, 9.17) is 0 Å². The molecule has 4 fully saturated rings. The third-order valence-corrected chi connectivity index (χ3v) is 9.82. The minimum atomic E-state index is -0.380. The van der Waals surface area contributed by atoms with Crippen molar-refractivity contribution in [2.75, 3.05) is 0 Å². The highest BCUT2D eigenvalue weighted by molar-refractivity contribution is 5.50. The SMILES string of the molecule is CC[C@@]1(O)CCC[C@H]2[C@H](CC[C@@H]3[C@@H]2CC[C@@]2(C)[C@H](CC=O)CCC[C@@H]32)C1. The van der Waals surface area contributed by atoms with E-state index >= 15 is 0 Å². The van der Waals surface area contributed by atoms with Crippen LogP contribution < -0.4 is 0 Å². The van der Waals surface area contributed by atoms with E-state index in [1.54, 1.807) is 0 Å². The van der Waals surface area contributed by atoms with E-state index in [2.05, 4.69) is 13.8 Å². The normalized spacial score (nSPS) is 51.5. The Bertz CT molecular complexity index is 516. The summed E-state index contributed by atoms with van der Waals surface area (Å²) in [6.07, 6.45) is 17.1.